The number of rotatable bonds is 1. The molecule has 2 heteroatoms. The van der Waals surface area contributed by atoms with Crippen molar-refractivity contribution in [1.82, 2.24) is 4.98 Å². The third kappa shape index (κ3) is 2.41. The fourth-order valence-electron chi connectivity index (χ4n) is 1.12. The van der Waals surface area contributed by atoms with Gasteiger partial charge >= 0.3 is 0 Å². The zero-order chi connectivity index (χ0) is 9.84. The molecule has 0 spiro atoms. The SMILES string of the molecule is C/C(C#N)=C\c1ccc(C)nc1C. The second-order valence-electron chi connectivity index (χ2n) is 3.07. The highest BCUT2D eigenvalue weighted by atomic mass is 14.7. The van der Waals surface area contributed by atoms with Gasteiger partial charge in [-0.2, -0.15) is 5.26 Å². The summed E-state index contributed by atoms with van der Waals surface area (Å²) >= 11 is 0. The molecule has 2 nitrogen and oxygen atoms in total. The van der Waals surface area contributed by atoms with Gasteiger partial charge in [0, 0.05) is 17.0 Å². The number of nitriles is 1. The van der Waals surface area contributed by atoms with Crippen LogP contribution in [0.15, 0.2) is 17.7 Å². The van der Waals surface area contributed by atoms with E-state index in [9.17, 15) is 0 Å². The molecule has 1 heterocycles. The van der Waals surface area contributed by atoms with E-state index in [1.54, 1.807) is 6.92 Å². The standard InChI is InChI=1S/C11H12N2/c1-8(7-12)6-11-5-4-9(2)13-10(11)3/h4-6H,1-3H3/b8-6+. The summed E-state index contributed by atoms with van der Waals surface area (Å²) < 4.78 is 0. The van der Waals surface area contributed by atoms with Crippen LogP contribution in [0.1, 0.15) is 23.9 Å². The van der Waals surface area contributed by atoms with Crippen molar-refractivity contribution in [3.63, 3.8) is 0 Å². The molecule has 1 rings (SSSR count). The highest BCUT2D eigenvalue weighted by Gasteiger charge is 1.96. The Kier molecular flexibility index (Phi) is 2.81. The van der Waals surface area contributed by atoms with Crippen LogP contribution in [0.4, 0.5) is 0 Å². The van der Waals surface area contributed by atoms with E-state index in [1.807, 2.05) is 32.1 Å². The highest BCUT2D eigenvalue weighted by Crippen LogP contribution is 2.10. The van der Waals surface area contributed by atoms with Crippen LogP contribution in [0.2, 0.25) is 0 Å². The van der Waals surface area contributed by atoms with E-state index in [0.717, 1.165) is 17.0 Å². The minimum Gasteiger partial charge on any atom is -0.258 e. The monoisotopic (exact) mass is 172 g/mol. The molecule has 0 radical (unpaired) electrons. The maximum absolute atomic E-state index is 8.60. The number of nitrogens with zero attached hydrogens (tertiary/aromatic N) is 2. The minimum atomic E-state index is 0.703. The van der Waals surface area contributed by atoms with Gasteiger partial charge in [-0.3, -0.25) is 4.98 Å². The molecule has 0 aliphatic rings. The molecule has 0 saturated heterocycles. The van der Waals surface area contributed by atoms with Crippen LogP contribution in [0.5, 0.6) is 0 Å². The Morgan fingerprint density at radius 3 is 2.69 bits per heavy atom. The molecule has 0 N–H and O–H groups in total. The first-order valence-corrected chi connectivity index (χ1v) is 4.16. The molecule has 0 atom stereocenters. The van der Waals surface area contributed by atoms with Crippen molar-refractivity contribution in [1.29, 1.82) is 5.26 Å². The van der Waals surface area contributed by atoms with Crippen molar-refractivity contribution in [2.45, 2.75) is 20.8 Å². The number of aromatic nitrogens is 1. The Bertz CT molecular complexity index is 384. The van der Waals surface area contributed by atoms with Gasteiger partial charge in [-0.25, -0.2) is 0 Å². The minimum absolute atomic E-state index is 0.703. The van der Waals surface area contributed by atoms with Crippen LogP contribution in [0.3, 0.4) is 0 Å². The van der Waals surface area contributed by atoms with Gasteiger partial charge in [0.15, 0.2) is 0 Å². The largest absolute Gasteiger partial charge is 0.258 e. The third-order valence-corrected chi connectivity index (χ3v) is 1.81. The number of allylic oxidation sites excluding steroid dienone is 1. The van der Waals surface area contributed by atoms with Crippen LogP contribution < -0.4 is 0 Å². The van der Waals surface area contributed by atoms with Crippen molar-refractivity contribution < 1.29 is 0 Å². The fourth-order valence-corrected chi connectivity index (χ4v) is 1.12. The number of pyridine rings is 1. The molecule has 0 fully saturated rings. The Balaban J connectivity index is 3.12. The first-order chi connectivity index (χ1) is 6.13. The molecule has 0 aliphatic carbocycles. The predicted octanol–water partition coefficient (Wildman–Crippen LogP) is 2.63. The Labute approximate surface area is 78.5 Å². The van der Waals surface area contributed by atoms with Gasteiger partial charge in [0.25, 0.3) is 0 Å². The predicted molar refractivity (Wildman–Crippen MR) is 53.0 cm³/mol. The Morgan fingerprint density at radius 1 is 1.46 bits per heavy atom. The molecule has 1 aromatic rings. The van der Waals surface area contributed by atoms with Crippen LogP contribution >= 0.6 is 0 Å². The molecule has 0 aliphatic heterocycles. The van der Waals surface area contributed by atoms with Crippen molar-refractivity contribution in [2.24, 2.45) is 0 Å². The Hall–Kier alpha value is -1.62. The molecule has 0 unspecified atom stereocenters. The van der Waals surface area contributed by atoms with E-state index in [1.165, 1.54) is 0 Å². The maximum Gasteiger partial charge on any atom is 0.0944 e. The van der Waals surface area contributed by atoms with Crippen LogP contribution in [0, 0.1) is 25.2 Å². The third-order valence-electron chi connectivity index (χ3n) is 1.81. The molecule has 0 saturated carbocycles. The average Bonchev–Trinajstić information content (AvgIpc) is 2.09. The second kappa shape index (κ2) is 3.86. The van der Waals surface area contributed by atoms with Gasteiger partial charge in [0.1, 0.15) is 0 Å². The summed E-state index contributed by atoms with van der Waals surface area (Å²) in [4.78, 5) is 4.31. The second-order valence-corrected chi connectivity index (χ2v) is 3.07. The van der Waals surface area contributed by atoms with Crippen LogP contribution in [-0.2, 0) is 0 Å². The quantitative estimate of drug-likeness (QED) is 0.610. The van der Waals surface area contributed by atoms with Crippen molar-refractivity contribution in [3.8, 4) is 6.07 Å². The smallest absolute Gasteiger partial charge is 0.0944 e. The van der Waals surface area contributed by atoms with E-state index < -0.39 is 0 Å². The molecule has 0 bridgehead atoms. The maximum atomic E-state index is 8.60. The van der Waals surface area contributed by atoms with E-state index in [-0.39, 0.29) is 0 Å². The Morgan fingerprint density at radius 2 is 2.15 bits per heavy atom. The zero-order valence-corrected chi connectivity index (χ0v) is 8.13. The summed E-state index contributed by atoms with van der Waals surface area (Å²) in [5.41, 5.74) is 3.69. The van der Waals surface area contributed by atoms with Crippen LogP contribution in [-0.4, -0.2) is 4.98 Å². The van der Waals surface area contributed by atoms with E-state index in [4.69, 9.17) is 5.26 Å². The first-order valence-electron chi connectivity index (χ1n) is 4.16. The normalized spacial score (nSPS) is 11.1. The average molecular weight is 172 g/mol. The highest BCUT2D eigenvalue weighted by molar-refractivity contribution is 5.57. The summed E-state index contributed by atoms with van der Waals surface area (Å²) in [5.74, 6) is 0. The molecule has 13 heavy (non-hydrogen) atoms. The lowest BCUT2D eigenvalue weighted by Gasteiger charge is -2.00. The zero-order valence-electron chi connectivity index (χ0n) is 8.13. The molecular weight excluding hydrogens is 160 g/mol. The lowest BCUT2D eigenvalue weighted by molar-refractivity contribution is 1.11. The number of hydrogen-bond donors (Lipinski definition) is 0. The molecular formula is C11H12N2. The van der Waals surface area contributed by atoms with Crippen molar-refractivity contribution in [3.05, 3.63) is 34.7 Å². The van der Waals surface area contributed by atoms with Gasteiger partial charge in [-0.05, 0) is 38.5 Å². The summed E-state index contributed by atoms with van der Waals surface area (Å²) in [5, 5.41) is 8.60. The van der Waals surface area contributed by atoms with Gasteiger partial charge in [0.2, 0.25) is 0 Å². The summed E-state index contributed by atoms with van der Waals surface area (Å²) in [7, 11) is 0. The van der Waals surface area contributed by atoms with E-state index in [0.29, 0.717) is 5.57 Å². The molecule has 0 aromatic carbocycles. The van der Waals surface area contributed by atoms with E-state index >= 15 is 0 Å². The van der Waals surface area contributed by atoms with Gasteiger partial charge in [0.05, 0.1) is 6.07 Å². The van der Waals surface area contributed by atoms with Crippen molar-refractivity contribution >= 4 is 6.08 Å². The van der Waals surface area contributed by atoms with Gasteiger partial charge < -0.3 is 0 Å². The topological polar surface area (TPSA) is 36.7 Å². The van der Waals surface area contributed by atoms with Crippen molar-refractivity contribution in [2.75, 3.05) is 0 Å². The van der Waals surface area contributed by atoms with Gasteiger partial charge in [-0.15, -0.1) is 0 Å². The lowest BCUT2D eigenvalue weighted by Crippen LogP contribution is -1.89. The molecule has 66 valence electrons. The van der Waals surface area contributed by atoms with Gasteiger partial charge in [-0.1, -0.05) is 6.07 Å². The first kappa shape index (κ1) is 9.47. The summed E-state index contributed by atoms with van der Waals surface area (Å²) in [6, 6.07) is 6.02. The number of hydrogen-bond acceptors (Lipinski definition) is 2. The lowest BCUT2D eigenvalue weighted by atomic mass is 10.1. The molecule has 0 amide bonds. The molecule has 1 aromatic heterocycles. The van der Waals surface area contributed by atoms with Crippen LogP contribution in [0.25, 0.3) is 6.08 Å². The fraction of sp³-hybridized carbons (Fsp3) is 0.273. The summed E-state index contributed by atoms with van der Waals surface area (Å²) in [6.07, 6.45) is 1.85. The number of aryl methyl sites for hydroxylation is 2. The summed E-state index contributed by atoms with van der Waals surface area (Å²) in [6.45, 7) is 5.69. The van der Waals surface area contributed by atoms with E-state index in [2.05, 4.69) is 11.1 Å².